The van der Waals surface area contributed by atoms with E-state index >= 15 is 0 Å². The summed E-state index contributed by atoms with van der Waals surface area (Å²) in [7, 11) is 0. The number of rotatable bonds is 5. The summed E-state index contributed by atoms with van der Waals surface area (Å²) in [5, 5.41) is 3.22. The van der Waals surface area contributed by atoms with Gasteiger partial charge in [-0.25, -0.2) is 4.98 Å². The predicted octanol–water partition coefficient (Wildman–Crippen LogP) is 2.72. The van der Waals surface area contributed by atoms with Gasteiger partial charge in [-0.1, -0.05) is 29.8 Å². The van der Waals surface area contributed by atoms with Gasteiger partial charge in [0.15, 0.2) is 5.16 Å². The number of nitrogens with one attached hydrogen (secondary N) is 1. The highest BCUT2D eigenvalue weighted by molar-refractivity contribution is 8.00. The molecule has 0 bridgehead atoms. The van der Waals surface area contributed by atoms with Crippen molar-refractivity contribution in [2.24, 2.45) is 0 Å². The van der Waals surface area contributed by atoms with E-state index in [9.17, 15) is 4.79 Å². The van der Waals surface area contributed by atoms with Gasteiger partial charge in [0.1, 0.15) is 0 Å². The molecule has 1 heterocycles. The van der Waals surface area contributed by atoms with Crippen LogP contribution >= 0.6 is 11.8 Å². The maximum atomic E-state index is 11.9. The van der Waals surface area contributed by atoms with Crippen molar-refractivity contribution >= 4 is 17.7 Å². The normalized spacial score (nSPS) is 11.7. The molecule has 114 valence electrons. The van der Waals surface area contributed by atoms with E-state index < -0.39 is 0 Å². The highest BCUT2D eigenvalue weighted by Crippen LogP contribution is 2.26. The number of terminal acetylenes is 1. The number of thioether (sulfide) groups is 1. The number of aryl methyl sites for hydroxylation is 1. The van der Waals surface area contributed by atoms with E-state index in [1.54, 1.807) is 6.20 Å². The van der Waals surface area contributed by atoms with Crippen LogP contribution in [0.15, 0.2) is 35.7 Å². The van der Waals surface area contributed by atoms with E-state index in [1.165, 1.54) is 22.9 Å². The topological polar surface area (TPSA) is 46.9 Å². The molecule has 0 aliphatic rings. The number of imidazole rings is 1. The first-order valence-electron chi connectivity index (χ1n) is 7.02. The fourth-order valence-electron chi connectivity index (χ4n) is 2.05. The second kappa shape index (κ2) is 7.19. The number of carbonyl (C=O) groups is 1. The van der Waals surface area contributed by atoms with Crippen molar-refractivity contribution in [3.05, 3.63) is 41.7 Å². The summed E-state index contributed by atoms with van der Waals surface area (Å²) in [6.45, 7) is 6.26. The first-order valence-corrected chi connectivity index (χ1v) is 7.90. The van der Waals surface area contributed by atoms with Gasteiger partial charge in [-0.05, 0) is 38.0 Å². The molecule has 0 aliphatic carbocycles. The Morgan fingerprint density at radius 2 is 2.27 bits per heavy atom. The minimum Gasteiger partial charge on any atom is -0.344 e. The fourth-order valence-corrected chi connectivity index (χ4v) is 2.95. The quantitative estimate of drug-likeness (QED) is 0.682. The number of nitrogens with zero attached hydrogens (tertiary/aromatic N) is 2. The van der Waals surface area contributed by atoms with Crippen LogP contribution in [0.5, 0.6) is 0 Å². The summed E-state index contributed by atoms with van der Waals surface area (Å²) >= 11 is 1.42. The van der Waals surface area contributed by atoms with Crippen LogP contribution in [-0.2, 0) is 4.79 Å². The van der Waals surface area contributed by atoms with E-state index in [4.69, 9.17) is 6.42 Å². The molecule has 1 aromatic heterocycles. The van der Waals surface area contributed by atoms with Crippen molar-refractivity contribution in [2.45, 2.75) is 31.2 Å². The molecule has 1 aromatic carbocycles. The van der Waals surface area contributed by atoms with Crippen molar-refractivity contribution in [3.8, 4) is 18.0 Å². The van der Waals surface area contributed by atoms with Crippen LogP contribution in [-0.4, -0.2) is 27.3 Å². The molecule has 0 fully saturated rings. The van der Waals surface area contributed by atoms with Crippen molar-refractivity contribution in [1.82, 2.24) is 14.9 Å². The Morgan fingerprint density at radius 3 is 3.00 bits per heavy atom. The van der Waals surface area contributed by atoms with E-state index in [-0.39, 0.29) is 17.7 Å². The van der Waals surface area contributed by atoms with E-state index in [0.29, 0.717) is 0 Å². The Balaban J connectivity index is 2.22. The van der Waals surface area contributed by atoms with Crippen LogP contribution < -0.4 is 5.32 Å². The highest BCUT2D eigenvalue weighted by Gasteiger charge is 2.17. The smallest absolute Gasteiger partial charge is 0.234 e. The van der Waals surface area contributed by atoms with E-state index in [1.807, 2.05) is 23.8 Å². The summed E-state index contributed by atoms with van der Waals surface area (Å²) in [4.78, 5) is 16.3. The van der Waals surface area contributed by atoms with Crippen molar-refractivity contribution in [3.63, 3.8) is 0 Å². The number of benzene rings is 1. The van der Waals surface area contributed by atoms with E-state index in [2.05, 4.69) is 42.2 Å². The van der Waals surface area contributed by atoms with Gasteiger partial charge >= 0.3 is 0 Å². The van der Waals surface area contributed by atoms with Crippen molar-refractivity contribution in [2.75, 3.05) is 6.54 Å². The maximum Gasteiger partial charge on any atom is 0.234 e. The Morgan fingerprint density at radius 1 is 1.50 bits per heavy atom. The largest absolute Gasteiger partial charge is 0.344 e. The molecule has 1 N–H and O–H groups in total. The first-order chi connectivity index (χ1) is 10.5. The van der Waals surface area contributed by atoms with Crippen LogP contribution in [0, 0.1) is 26.2 Å². The monoisotopic (exact) mass is 313 g/mol. The standard InChI is InChI=1S/C17H19N3OS/c1-5-9-18-16(21)14(4)22-17-19-10-11-20(17)15-8-6-7-12(2)13(15)3/h1,6-8,10-11,14H,9H2,2-4H3,(H,18,21). The molecule has 1 atom stereocenters. The minimum atomic E-state index is -0.264. The van der Waals surface area contributed by atoms with Gasteiger partial charge in [0.05, 0.1) is 17.5 Å². The highest BCUT2D eigenvalue weighted by atomic mass is 32.2. The fraction of sp³-hybridized carbons (Fsp3) is 0.294. The molecule has 0 radical (unpaired) electrons. The molecular weight excluding hydrogens is 294 g/mol. The lowest BCUT2D eigenvalue weighted by atomic mass is 10.1. The summed E-state index contributed by atoms with van der Waals surface area (Å²) in [6, 6.07) is 6.16. The third-order valence-electron chi connectivity index (χ3n) is 3.46. The third kappa shape index (κ3) is 3.52. The zero-order valence-corrected chi connectivity index (χ0v) is 13.8. The van der Waals surface area contributed by atoms with Crippen LogP contribution in [0.25, 0.3) is 5.69 Å². The lowest BCUT2D eigenvalue weighted by Crippen LogP contribution is -2.31. The summed E-state index contributed by atoms with van der Waals surface area (Å²) in [6.07, 6.45) is 8.81. The Kier molecular flexibility index (Phi) is 5.29. The molecular formula is C17H19N3OS. The molecule has 5 heteroatoms. The van der Waals surface area contributed by atoms with Crippen LogP contribution in [0.1, 0.15) is 18.1 Å². The van der Waals surface area contributed by atoms with Gasteiger partial charge in [-0.15, -0.1) is 6.42 Å². The van der Waals surface area contributed by atoms with Crippen LogP contribution in [0.3, 0.4) is 0 Å². The van der Waals surface area contributed by atoms with Gasteiger partial charge in [-0.2, -0.15) is 0 Å². The molecule has 22 heavy (non-hydrogen) atoms. The van der Waals surface area contributed by atoms with Crippen molar-refractivity contribution in [1.29, 1.82) is 0 Å². The lowest BCUT2D eigenvalue weighted by Gasteiger charge is -2.14. The zero-order valence-electron chi connectivity index (χ0n) is 13.0. The van der Waals surface area contributed by atoms with Gasteiger partial charge in [0.2, 0.25) is 5.91 Å². The maximum absolute atomic E-state index is 11.9. The van der Waals surface area contributed by atoms with Gasteiger partial charge in [0, 0.05) is 12.4 Å². The number of aromatic nitrogens is 2. The van der Waals surface area contributed by atoms with Gasteiger partial charge in [-0.3, -0.25) is 9.36 Å². The number of hydrogen-bond acceptors (Lipinski definition) is 3. The number of hydrogen-bond donors (Lipinski definition) is 1. The Hall–Kier alpha value is -2.19. The molecule has 2 aromatic rings. The summed E-state index contributed by atoms with van der Waals surface area (Å²) in [5.41, 5.74) is 3.50. The molecule has 0 spiro atoms. The van der Waals surface area contributed by atoms with Crippen LogP contribution in [0.4, 0.5) is 0 Å². The Bertz CT molecular complexity index is 715. The Labute approximate surface area is 135 Å². The molecule has 0 saturated carbocycles. The van der Waals surface area contributed by atoms with Gasteiger partial charge < -0.3 is 5.32 Å². The second-order valence-electron chi connectivity index (χ2n) is 4.98. The molecule has 2 rings (SSSR count). The van der Waals surface area contributed by atoms with E-state index in [0.717, 1.165) is 10.8 Å². The average molecular weight is 313 g/mol. The number of carbonyl (C=O) groups excluding carboxylic acids is 1. The molecule has 1 unspecified atom stereocenters. The molecule has 0 saturated heterocycles. The predicted molar refractivity (Wildman–Crippen MR) is 90.2 cm³/mol. The SMILES string of the molecule is C#CCNC(=O)C(C)Sc1nccn1-c1cccc(C)c1C. The summed E-state index contributed by atoms with van der Waals surface area (Å²) < 4.78 is 2.01. The lowest BCUT2D eigenvalue weighted by molar-refractivity contribution is -0.120. The third-order valence-corrected chi connectivity index (χ3v) is 4.54. The average Bonchev–Trinajstić information content (AvgIpc) is 2.95. The first kappa shape index (κ1) is 16.2. The summed E-state index contributed by atoms with van der Waals surface area (Å²) in [5.74, 6) is 2.32. The zero-order chi connectivity index (χ0) is 16.1. The van der Waals surface area contributed by atoms with Gasteiger partial charge in [0.25, 0.3) is 0 Å². The molecule has 4 nitrogen and oxygen atoms in total. The minimum absolute atomic E-state index is 0.0848. The molecule has 1 amide bonds. The van der Waals surface area contributed by atoms with Crippen LogP contribution in [0.2, 0.25) is 0 Å². The second-order valence-corrected chi connectivity index (χ2v) is 6.29. The molecule has 0 aliphatic heterocycles. The number of amides is 1. The van der Waals surface area contributed by atoms with Crippen molar-refractivity contribution < 1.29 is 4.79 Å².